The predicted molar refractivity (Wildman–Crippen MR) is 173 cm³/mol. The molecule has 10 heteroatoms. The fourth-order valence-electron chi connectivity index (χ4n) is 3.85. The van der Waals surface area contributed by atoms with Crippen LogP contribution in [0.4, 0.5) is 0 Å². The third kappa shape index (κ3) is 30.1. The van der Waals surface area contributed by atoms with Crippen molar-refractivity contribution in [1.82, 2.24) is 0 Å². The fraction of sp³-hybridized carbons (Fsp3) is 0.758. The zero-order valence-corrected chi connectivity index (χ0v) is 28.6. The molecule has 0 heterocycles. The maximum atomic E-state index is 12.5. The van der Waals surface area contributed by atoms with Crippen LogP contribution in [0, 0.1) is 0 Å². The number of quaternary nitrogens is 1. The monoisotopic (exact) mass is 630 g/mol. The summed E-state index contributed by atoms with van der Waals surface area (Å²) in [5.41, 5.74) is 0. The Bertz CT molecular complexity index is 850. The van der Waals surface area contributed by atoms with Crippen LogP contribution in [0.15, 0.2) is 36.5 Å². The van der Waals surface area contributed by atoms with Gasteiger partial charge < -0.3 is 18.9 Å². The number of phosphoric ester groups is 1. The van der Waals surface area contributed by atoms with Crippen molar-refractivity contribution in [3.05, 3.63) is 36.5 Å². The van der Waals surface area contributed by atoms with E-state index in [4.69, 9.17) is 18.5 Å². The first kappa shape index (κ1) is 41.2. The molecule has 0 radical (unpaired) electrons. The minimum atomic E-state index is -4.36. The molecule has 0 aromatic rings. The highest BCUT2D eigenvalue weighted by atomic mass is 31.2. The lowest BCUT2D eigenvalue weighted by molar-refractivity contribution is -0.870. The summed E-state index contributed by atoms with van der Waals surface area (Å²) < 4.78 is 33.8. The molecule has 0 rings (SSSR count). The molecular weight excluding hydrogens is 569 g/mol. The molecule has 43 heavy (non-hydrogen) atoms. The topological polar surface area (TPSA) is 108 Å². The molecule has 0 aliphatic carbocycles. The van der Waals surface area contributed by atoms with Crippen molar-refractivity contribution in [2.45, 2.75) is 116 Å². The number of esters is 2. The quantitative estimate of drug-likeness (QED) is 0.0306. The van der Waals surface area contributed by atoms with Gasteiger partial charge in [0.05, 0.1) is 27.7 Å². The number of phosphoric acid groups is 1. The molecule has 0 aliphatic heterocycles. The summed E-state index contributed by atoms with van der Waals surface area (Å²) in [5.74, 6) is -0.850. The number of unbranched alkanes of at least 4 members (excludes halogenated alkanes) is 8. The van der Waals surface area contributed by atoms with Crippen molar-refractivity contribution in [2.24, 2.45) is 0 Å². The van der Waals surface area contributed by atoms with Crippen molar-refractivity contribution < 1.29 is 42.1 Å². The summed E-state index contributed by atoms with van der Waals surface area (Å²) in [4.78, 5) is 34.8. The van der Waals surface area contributed by atoms with Gasteiger partial charge in [0.15, 0.2) is 6.10 Å². The van der Waals surface area contributed by atoms with Crippen LogP contribution in [0.1, 0.15) is 110 Å². The van der Waals surface area contributed by atoms with Crippen LogP contribution in [-0.2, 0) is 32.7 Å². The first-order valence-corrected chi connectivity index (χ1v) is 17.7. The number of likely N-dealkylation sites (N-methyl/N-ethyl adjacent to an activating group) is 1. The van der Waals surface area contributed by atoms with Crippen molar-refractivity contribution >= 4 is 19.8 Å². The van der Waals surface area contributed by atoms with Crippen LogP contribution >= 0.6 is 7.82 Å². The van der Waals surface area contributed by atoms with Gasteiger partial charge in [0.1, 0.15) is 19.8 Å². The Hall–Kier alpha value is -1.77. The van der Waals surface area contributed by atoms with Gasteiger partial charge in [-0.2, -0.15) is 0 Å². The molecule has 0 bridgehead atoms. The molecule has 9 nitrogen and oxygen atoms in total. The normalized spacial score (nSPS) is 14.5. The first-order chi connectivity index (χ1) is 20.5. The molecule has 0 spiro atoms. The number of hydrogen-bond acceptors (Lipinski definition) is 7. The zero-order valence-electron chi connectivity index (χ0n) is 27.7. The summed E-state index contributed by atoms with van der Waals surface area (Å²) in [6.45, 7) is 4.16. The standard InChI is InChI=1S/C33H60NO8P/c1-6-8-10-12-14-15-16-17-18-19-20-22-24-26-33(36)42-31(29-39-32(35)25-23-21-13-11-9-7-2)30-41-43(37,38)40-28-27-34(3,4)5/h8,10,14-15,17-18,31H,6-7,9,11-13,16,19-30H2,1-5H3/p+1/b10-8-,15-14-,18-17-. The third-order valence-electron chi connectivity index (χ3n) is 6.43. The van der Waals surface area contributed by atoms with Crippen LogP contribution in [0.3, 0.4) is 0 Å². The summed E-state index contributed by atoms with van der Waals surface area (Å²) in [5, 5.41) is 0. The van der Waals surface area contributed by atoms with Crippen molar-refractivity contribution in [2.75, 3.05) is 47.5 Å². The first-order valence-electron chi connectivity index (χ1n) is 16.2. The number of nitrogens with zero attached hydrogens (tertiary/aromatic N) is 1. The van der Waals surface area contributed by atoms with E-state index in [1.165, 1.54) is 12.8 Å². The van der Waals surface area contributed by atoms with E-state index in [1.807, 2.05) is 21.1 Å². The summed E-state index contributed by atoms with van der Waals surface area (Å²) in [6, 6.07) is 0. The zero-order chi connectivity index (χ0) is 32.2. The fourth-order valence-corrected chi connectivity index (χ4v) is 4.59. The number of carbonyl (C=O) groups is 2. The highest BCUT2D eigenvalue weighted by Gasteiger charge is 2.27. The van der Waals surface area contributed by atoms with Gasteiger partial charge in [-0.1, -0.05) is 88.8 Å². The van der Waals surface area contributed by atoms with E-state index >= 15 is 0 Å². The lowest BCUT2D eigenvalue weighted by Crippen LogP contribution is -2.37. The van der Waals surface area contributed by atoms with E-state index in [2.05, 4.69) is 50.3 Å². The van der Waals surface area contributed by atoms with Crippen LogP contribution in [-0.4, -0.2) is 74.9 Å². The highest BCUT2D eigenvalue weighted by molar-refractivity contribution is 7.47. The number of hydrogen-bond donors (Lipinski definition) is 1. The Kier molecular flexibility index (Phi) is 25.5. The molecule has 0 saturated carbocycles. The largest absolute Gasteiger partial charge is 0.472 e. The number of allylic oxidation sites excluding steroid dienone is 6. The second-order valence-electron chi connectivity index (χ2n) is 11.8. The summed E-state index contributed by atoms with van der Waals surface area (Å²) in [6.07, 6.45) is 25.1. The van der Waals surface area contributed by atoms with E-state index in [1.54, 1.807) is 0 Å². The van der Waals surface area contributed by atoms with Gasteiger partial charge in [0.25, 0.3) is 0 Å². The highest BCUT2D eigenvalue weighted by Crippen LogP contribution is 2.43. The van der Waals surface area contributed by atoms with E-state index in [-0.39, 0.29) is 32.0 Å². The van der Waals surface area contributed by atoms with E-state index < -0.39 is 26.5 Å². The van der Waals surface area contributed by atoms with Gasteiger partial charge in [0, 0.05) is 12.8 Å². The molecule has 2 unspecified atom stereocenters. The summed E-state index contributed by atoms with van der Waals surface area (Å²) >= 11 is 0. The van der Waals surface area contributed by atoms with E-state index in [0.29, 0.717) is 17.4 Å². The lowest BCUT2D eigenvalue weighted by Gasteiger charge is -2.24. The van der Waals surface area contributed by atoms with Crippen LogP contribution in [0.2, 0.25) is 0 Å². The molecule has 0 aromatic carbocycles. The average Bonchev–Trinajstić information content (AvgIpc) is 2.93. The summed E-state index contributed by atoms with van der Waals surface area (Å²) in [7, 11) is 1.45. The molecular formula is C33H61NO8P+. The van der Waals surface area contributed by atoms with Gasteiger partial charge in [-0.3, -0.25) is 18.6 Å². The van der Waals surface area contributed by atoms with Crippen molar-refractivity contribution in [3.8, 4) is 0 Å². The minimum absolute atomic E-state index is 0.0253. The molecule has 0 aromatic heterocycles. The molecule has 2 atom stereocenters. The Labute approximate surface area is 261 Å². The molecule has 0 aliphatic rings. The maximum absolute atomic E-state index is 12.5. The second-order valence-corrected chi connectivity index (χ2v) is 13.3. The van der Waals surface area contributed by atoms with Gasteiger partial charge in [-0.05, 0) is 44.9 Å². The van der Waals surface area contributed by atoms with Crippen LogP contribution < -0.4 is 0 Å². The SMILES string of the molecule is CC/C=C\C/C=C\C/C=C\CCCCCC(=O)OC(COC(=O)CCCCCCCC)COP(=O)(O)OCC[N+](C)(C)C. The molecule has 250 valence electrons. The predicted octanol–water partition coefficient (Wildman–Crippen LogP) is 7.84. The van der Waals surface area contributed by atoms with Crippen molar-refractivity contribution in [3.63, 3.8) is 0 Å². The van der Waals surface area contributed by atoms with Crippen LogP contribution in [0.5, 0.6) is 0 Å². The Morgan fingerprint density at radius 3 is 1.98 bits per heavy atom. The second kappa shape index (κ2) is 26.6. The number of carbonyl (C=O) groups excluding carboxylic acids is 2. The Morgan fingerprint density at radius 2 is 1.33 bits per heavy atom. The Balaban J connectivity index is 4.56. The molecule has 0 fully saturated rings. The third-order valence-corrected chi connectivity index (χ3v) is 7.42. The lowest BCUT2D eigenvalue weighted by atomic mass is 10.1. The smallest absolute Gasteiger partial charge is 0.462 e. The Morgan fingerprint density at radius 1 is 0.744 bits per heavy atom. The van der Waals surface area contributed by atoms with E-state index in [0.717, 1.165) is 64.2 Å². The maximum Gasteiger partial charge on any atom is 0.472 e. The van der Waals surface area contributed by atoms with E-state index in [9.17, 15) is 19.0 Å². The van der Waals surface area contributed by atoms with Gasteiger partial charge >= 0.3 is 19.8 Å². The van der Waals surface area contributed by atoms with Crippen LogP contribution in [0.25, 0.3) is 0 Å². The van der Waals surface area contributed by atoms with Gasteiger partial charge in [-0.25, -0.2) is 4.57 Å². The van der Waals surface area contributed by atoms with Gasteiger partial charge in [0.2, 0.25) is 0 Å². The average molecular weight is 631 g/mol. The number of rotatable bonds is 28. The minimum Gasteiger partial charge on any atom is -0.462 e. The number of ether oxygens (including phenoxy) is 2. The molecule has 0 amide bonds. The van der Waals surface area contributed by atoms with Crippen molar-refractivity contribution in [1.29, 1.82) is 0 Å². The molecule has 0 saturated heterocycles. The molecule has 1 N–H and O–H groups in total. The van der Waals surface area contributed by atoms with Gasteiger partial charge in [-0.15, -0.1) is 0 Å².